The Morgan fingerprint density at radius 2 is 1.70 bits per heavy atom. The van der Waals surface area contributed by atoms with Crippen LogP contribution in [-0.4, -0.2) is 11.0 Å². The van der Waals surface area contributed by atoms with Crippen molar-refractivity contribution in [1.29, 1.82) is 0 Å². The molecular formula is C16H11NO3. The minimum Gasteiger partial charge on any atom is -0.618 e. The van der Waals surface area contributed by atoms with Crippen molar-refractivity contribution < 1.29 is 9.16 Å². The largest absolute Gasteiger partial charge is 0.618 e. The smallest absolute Gasteiger partial charge is 0.216 e. The molecule has 0 N–H and O–H groups in total. The number of para-hydroxylation sites is 2. The molecule has 0 atom stereocenters. The van der Waals surface area contributed by atoms with Gasteiger partial charge in [0.05, 0.1) is 5.39 Å². The first kappa shape index (κ1) is 12.2. The lowest BCUT2D eigenvalue weighted by Crippen LogP contribution is -2.11. The van der Waals surface area contributed by atoms with E-state index in [9.17, 15) is 10.0 Å². The average Bonchev–Trinajstić information content (AvgIpc) is 2.51. The van der Waals surface area contributed by atoms with Crippen LogP contribution < -0.4 is 5.43 Å². The van der Waals surface area contributed by atoms with Gasteiger partial charge < -0.3 is 9.62 Å². The highest BCUT2D eigenvalue weighted by atomic mass is 16.5. The monoisotopic (exact) mass is 265 g/mol. The van der Waals surface area contributed by atoms with Gasteiger partial charge in [0.2, 0.25) is 11.1 Å². The van der Waals surface area contributed by atoms with Crippen LogP contribution in [0.25, 0.3) is 11.0 Å². The van der Waals surface area contributed by atoms with Crippen molar-refractivity contribution in [2.75, 3.05) is 0 Å². The molecule has 4 heteroatoms. The highest BCUT2D eigenvalue weighted by Gasteiger charge is 2.08. The summed E-state index contributed by atoms with van der Waals surface area (Å²) in [5, 5.41) is 12.4. The minimum atomic E-state index is -0.219. The molecule has 1 aromatic heterocycles. The number of benzene rings is 2. The quantitative estimate of drug-likeness (QED) is 0.310. The molecule has 0 fully saturated rings. The van der Waals surface area contributed by atoms with E-state index < -0.39 is 0 Å². The number of nitrogens with zero attached hydrogens (tertiary/aromatic N) is 1. The van der Waals surface area contributed by atoms with Crippen LogP contribution >= 0.6 is 0 Å². The van der Waals surface area contributed by atoms with Crippen LogP contribution in [0.5, 0.6) is 0 Å². The van der Waals surface area contributed by atoms with Crippen LogP contribution in [0.15, 0.2) is 70.1 Å². The number of hydrogen-bond donors (Lipinski definition) is 0. The SMILES string of the molecule is O=c1c(/C=[N+](\[O-])c2ccccc2)coc2ccccc12. The summed E-state index contributed by atoms with van der Waals surface area (Å²) in [6.45, 7) is 0. The van der Waals surface area contributed by atoms with Gasteiger partial charge in [-0.25, -0.2) is 0 Å². The molecule has 98 valence electrons. The highest BCUT2D eigenvalue weighted by molar-refractivity contribution is 5.84. The van der Waals surface area contributed by atoms with E-state index in [2.05, 4.69) is 0 Å². The summed E-state index contributed by atoms with van der Waals surface area (Å²) in [5.74, 6) is 0. The Morgan fingerprint density at radius 1 is 1.00 bits per heavy atom. The molecule has 0 saturated carbocycles. The van der Waals surface area contributed by atoms with Gasteiger partial charge >= 0.3 is 0 Å². The van der Waals surface area contributed by atoms with Gasteiger partial charge in [-0.2, -0.15) is 4.74 Å². The fourth-order valence-corrected chi connectivity index (χ4v) is 1.96. The lowest BCUT2D eigenvalue weighted by atomic mass is 10.2. The van der Waals surface area contributed by atoms with E-state index >= 15 is 0 Å². The third-order valence-electron chi connectivity index (χ3n) is 2.97. The predicted molar refractivity (Wildman–Crippen MR) is 77.4 cm³/mol. The molecule has 0 radical (unpaired) electrons. The molecule has 3 rings (SSSR count). The topological polar surface area (TPSA) is 56.3 Å². The lowest BCUT2D eigenvalue weighted by molar-refractivity contribution is -0.354. The van der Waals surface area contributed by atoms with E-state index in [1.165, 1.54) is 12.5 Å². The van der Waals surface area contributed by atoms with E-state index in [0.29, 0.717) is 21.4 Å². The van der Waals surface area contributed by atoms with Gasteiger partial charge in [0, 0.05) is 12.1 Å². The summed E-state index contributed by atoms with van der Waals surface area (Å²) in [6, 6.07) is 15.6. The molecular weight excluding hydrogens is 254 g/mol. The van der Waals surface area contributed by atoms with Crippen molar-refractivity contribution in [2.24, 2.45) is 0 Å². The average molecular weight is 265 g/mol. The Balaban J connectivity index is 2.12. The van der Waals surface area contributed by atoms with Crippen LogP contribution in [0, 0.1) is 5.21 Å². The van der Waals surface area contributed by atoms with Crippen molar-refractivity contribution >= 4 is 22.9 Å². The van der Waals surface area contributed by atoms with Gasteiger partial charge in [-0.15, -0.1) is 0 Å². The normalized spacial score (nSPS) is 11.7. The first-order chi connectivity index (χ1) is 9.75. The van der Waals surface area contributed by atoms with Crippen molar-refractivity contribution in [1.82, 2.24) is 0 Å². The minimum absolute atomic E-state index is 0.219. The fraction of sp³-hybridized carbons (Fsp3) is 0. The van der Waals surface area contributed by atoms with Gasteiger partial charge in [-0.05, 0) is 12.1 Å². The molecule has 1 heterocycles. The fourth-order valence-electron chi connectivity index (χ4n) is 1.96. The van der Waals surface area contributed by atoms with E-state index in [-0.39, 0.29) is 11.0 Å². The van der Waals surface area contributed by atoms with Crippen LogP contribution in [0.2, 0.25) is 0 Å². The van der Waals surface area contributed by atoms with Gasteiger partial charge in [-0.3, -0.25) is 4.79 Å². The van der Waals surface area contributed by atoms with Gasteiger partial charge in [0.25, 0.3) is 0 Å². The van der Waals surface area contributed by atoms with Crippen molar-refractivity contribution in [3.63, 3.8) is 0 Å². The summed E-state index contributed by atoms with van der Waals surface area (Å²) < 4.78 is 6.02. The van der Waals surface area contributed by atoms with E-state index in [4.69, 9.17) is 4.42 Å². The van der Waals surface area contributed by atoms with E-state index in [1.54, 1.807) is 48.5 Å². The number of hydrogen-bond acceptors (Lipinski definition) is 3. The van der Waals surface area contributed by atoms with Crippen molar-refractivity contribution in [2.45, 2.75) is 0 Å². The standard InChI is InChI=1S/C16H11NO3/c18-16-12(10-17(19)13-6-2-1-3-7-13)11-20-15-9-5-4-8-14(15)16/h1-11H/b17-10-. The molecule has 0 aliphatic heterocycles. The van der Waals surface area contributed by atoms with Crippen LogP contribution in [0.4, 0.5) is 5.69 Å². The second kappa shape index (κ2) is 5.01. The summed E-state index contributed by atoms with van der Waals surface area (Å²) in [7, 11) is 0. The zero-order valence-electron chi connectivity index (χ0n) is 10.5. The second-order valence-electron chi connectivity index (χ2n) is 4.31. The maximum atomic E-state index is 12.2. The summed E-state index contributed by atoms with van der Waals surface area (Å²) in [6.07, 6.45) is 2.53. The molecule has 0 spiro atoms. The molecule has 2 aromatic carbocycles. The van der Waals surface area contributed by atoms with Crippen LogP contribution in [0.3, 0.4) is 0 Å². The van der Waals surface area contributed by atoms with Gasteiger partial charge in [0.1, 0.15) is 17.4 Å². The molecule has 4 nitrogen and oxygen atoms in total. The lowest BCUT2D eigenvalue weighted by Gasteiger charge is -2.02. The summed E-state index contributed by atoms with van der Waals surface area (Å²) >= 11 is 0. The Bertz CT molecular complexity index is 835. The van der Waals surface area contributed by atoms with Crippen LogP contribution in [-0.2, 0) is 0 Å². The van der Waals surface area contributed by atoms with E-state index in [0.717, 1.165) is 0 Å². The molecule has 0 unspecified atom stereocenters. The third kappa shape index (κ3) is 2.19. The van der Waals surface area contributed by atoms with Crippen LogP contribution in [0.1, 0.15) is 5.56 Å². The number of rotatable bonds is 2. The molecule has 0 amide bonds. The molecule has 3 aromatic rings. The summed E-state index contributed by atoms with van der Waals surface area (Å²) in [5.41, 5.74) is 0.970. The maximum Gasteiger partial charge on any atom is 0.216 e. The maximum absolute atomic E-state index is 12.2. The molecule has 0 aliphatic carbocycles. The zero-order valence-corrected chi connectivity index (χ0v) is 10.5. The molecule has 20 heavy (non-hydrogen) atoms. The van der Waals surface area contributed by atoms with Crippen molar-refractivity contribution in [3.05, 3.63) is 81.9 Å². The molecule has 0 saturated heterocycles. The Kier molecular flexibility index (Phi) is 3.05. The third-order valence-corrected chi connectivity index (χ3v) is 2.97. The second-order valence-corrected chi connectivity index (χ2v) is 4.31. The zero-order chi connectivity index (χ0) is 13.9. The van der Waals surface area contributed by atoms with Gasteiger partial charge in [0.15, 0.2) is 6.21 Å². The first-order valence-electron chi connectivity index (χ1n) is 6.12. The highest BCUT2D eigenvalue weighted by Crippen LogP contribution is 2.11. The Morgan fingerprint density at radius 3 is 2.50 bits per heavy atom. The molecule has 0 bridgehead atoms. The van der Waals surface area contributed by atoms with Crippen molar-refractivity contribution in [3.8, 4) is 0 Å². The van der Waals surface area contributed by atoms with E-state index in [1.807, 2.05) is 6.07 Å². The summed E-state index contributed by atoms with van der Waals surface area (Å²) in [4.78, 5) is 12.2. The van der Waals surface area contributed by atoms with Gasteiger partial charge in [-0.1, -0.05) is 30.3 Å². The number of fused-ring (bicyclic) bond motifs is 1. The Hall–Kier alpha value is -2.88. The first-order valence-corrected chi connectivity index (χ1v) is 6.12. The molecule has 0 aliphatic rings. The predicted octanol–water partition coefficient (Wildman–Crippen LogP) is 3.05. The Labute approximate surface area is 114 Å².